The maximum atomic E-state index is 14.2. The monoisotopic (exact) mass is 513 g/mol. The van der Waals surface area contributed by atoms with Gasteiger partial charge in [0, 0.05) is 31.9 Å². The zero-order chi connectivity index (χ0) is 25.9. The van der Waals surface area contributed by atoms with Crippen LogP contribution in [0.4, 0.5) is 19.0 Å². The van der Waals surface area contributed by atoms with Crippen LogP contribution in [-0.4, -0.2) is 65.2 Å². The molecule has 1 aromatic rings. The number of pyridine rings is 1. The number of aliphatic hydroxyl groups excluding tert-OH is 1. The number of carbonyl (C=O) groups excluding carboxylic acids is 1. The lowest BCUT2D eigenvalue weighted by molar-refractivity contribution is -0.254. The molecule has 3 aliphatic rings. The van der Waals surface area contributed by atoms with Gasteiger partial charge < -0.3 is 25.6 Å². The van der Waals surface area contributed by atoms with Crippen molar-refractivity contribution in [3.05, 3.63) is 23.4 Å². The number of carbonyl (C=O) groups is 2. The van der Waals surface area contributed by atoms with E-state index in [4.69, 9.17) is 14.8 Å². The second kappa shape index (κ2) is 10.9. The molecule has 4 N–H and O–H groups in total. The number of aromatic nitrogens is 1. The number of aliphatic carboxylic acids is 1. The third-order valence-electron chi connectivity index (χ3n) is 7.97. The van der Waals surface area contributed by atoms with Crippen molar-refractivity contribution in [1.29, 1.82) is 0 Å². The lowest BCUT2D eigenvalue weighted by Gasteiger charge is -2.47. The van der Waals surface area contributed by atoms with Gasteiger partial charge in [-0.15, -0.1) is 0 Å². The number of halogens is 3. The zero-order valence-electron chi connectivity index (χ0n) is 20.1. The van der Waals surface area contributed by atoms with Gasteiger partial charge in [-0.3, -0.25) is 4.79 Å². The number of nitrogens with zero attached hydrogens (tertiary/aromatic N) is 1. The van der Waals surface area contributed by atoms with E-state index >= 15 is 0 Å². The topological polar surface area (TPSA) is 121 Å². The molecule has 1 saturated heterocycles. The molecule has 200 valence electrons. The van der Waals surface area contributed by atoms with Crippen LogP contribution in [0.25, 0.3) is 0 Å². The summed E-state index contributed by atoms with van der Waals surface area (Å²) < 4.78 is 48.4. The maximum absolute atomic E-state index is 14.2. The Kier molecular flexibility index (Phi) is 8.09. The minimum absolute atomic E-state index is 0.0734. The molecule has 2 unspecified atom stereocenters. The van der Waals surface area contributed by atoms with Gasteiger partial charge in [0.05, 0.1) is 6.10 Å². The molecule has 2 fully saturated rings. The van der Waals surface area contributed by atoms with Gasteiger partial charge in [0.25, 0.3) is 0 Å². The van der Waals surface area contributed by atoms with E-state index in [1.54, 1.807) is 0 Å². The highest BCUT2D eigenvalue weighted by atomic mass is 19.4. The van der Waals surface area contributed by atoms with Gasteiger partial charge in [-0.2, -0.15) is 13.2 Å². The van der Waals surface area contributed by atoms with Crippen LogP contribution in [0.3, 0.4) is 0 Å². The van der Waals surface area contributed by atoms with Crippen molar-refractivity contribution in [2.24, 2.45) is 17.3 Å². The molecule has 1 amide bonds. The summed E-state index contributed by atoms with van der Waals surface area (Å²) in [5, 5.41) is 23.6. The van der Waals surface area contributed by atoms with Gasteiger partial charge in [0.2, 0.25) is 5.91 Å². The van der Waals surface area contributed by atoms with E-state index < -0.39 is 55.1 Å². The number of hydrogen-bond acceptors (Lipinski definition) is 6. The van der Waals surface area contributed by atoms with Crippen LogP contribution in [0.2, 0.25) is 0 Å². The Labute approximate surface area is 208 Å². The number of hydrogen-bond donors (Lipinski definition) is 4. The Balaban J connectivity index is 1.34. The predicted molar refractivity (Wildman–Crippen MR) is 124 cm³/mol. The third kappa shape index (κ3) is 5.61. The zero-order valence-corrected chi connectivity index (χ0v) is 20.1. The quantitative estimate of drug-likeness (QED) is 0.401. The molecule has 0 spiro atoms. The minimum atomic E-state index is -4.85. The number of anilines is 1. The van der Waals surface area contributed by atoms with Gasteiger partial charge in [0.15, 0.2) is 0 Å². The summed E-state index contributed by atoms with van der Waals surface area (Å²) in [6.45, 7) is 0.135. The van der Waals surface area contributed by atoms with E-state index in [1.807, 2.05) is 11.4 Å². The molecular formula is C25H34F3N3O5. The van der Waals surface area contributed by atoms with Crippen molar-refractivity contribution >= 4 is 17.7 Å². The number of nitrogens with one attached hydrogen (secondary N) is 2. The summed E-state index contributed by atoms with van der Waals surface area (Å²) in [6.07, 6.45) is -1.74. The molecule has 1 aromatic heterocycles. The van der Waals surface area contributed by atoms with E-state index in [0.29, 0.717) is 5.92 Å². The van der Waals surface area contributed by atoms with Crippen LogP contribution < -0.4 is 10.6 Å². The molecule has 2 aliphatic heterocycles. The molecular weight excluding hydrogens is 479 g/mol. The summed E-state index contributed by atoms with van der Waals surface area (Å²) in [4.78, 5) is 28.8. The highest BCUT2D eigenvalue weighted by Gasteiger charge is 2.63. The molecule has 8 nitrogen and oxygen atoms in total. The Morgan fingerprint density at radius 3 is 2.78 bits per heavy atom. The number of aliphatic hydroxyl groups is 1. The van der Waals surface area contributed by atoms with Gasteiger partial charge in [-0.05, 0) is 74.8 Å². The number of carboxylic acids is 1. The van der Waals surface area contributed by atoms with Gasteiger partial charge in [-0.1, -0.05) is 6.07 Å². The van der Waals surface area contributed by atoms with E-state index in [2.05, 4.69) is 11.4 Å². The van der Waals surface area contributed by atoms with Crippen LogP contribution in [-0.2, 0) is 27.2 Å². The van der Waals surface area contributed by atoms with E-state index in [-0.39, 0.29) is 18.9 Å². The molecule has 0 aromatic carbocycles. The lowest BCUT2D eigenvalue weighted by atomic mass is 9.65. The van der Waals surface area contributed by atoms with Crippen molar-refractivity contribution in [3.63, 3.8) is 0 Å². The summed E-state index contributed by atoms with van der Waals surface area (Å²) >= 11 is 0. The van der Waals surface area contributed by atoms with Gasteiger partial charge in [0.1, 0.15) is 17.3 Å². The molecule has 3 atom stereocenters. The van der Waals surface area contributed by atoms with E-state index in [9.17, 15) is 27.9 Å². The summed E-state index contributed by atoms with van der Waals surface area (Å²) in [6, 6.07) is 2.58. The van der Waals surface area contributed by atoms with Crippen molar-refractivity contribution in [2.75, 3.05) is 25.1 Å². The first-order valence-corrected chi connectivity index (χ1v) is 12.7. The van der Waals surface area contributed by atoms with Crippen LogP contribution in [0.15, 0.2) is 12.1 Å². The van der Waals surface area contributed by atoms with Crippen molar-refractivity contribution in [1.82, 2.24) is 10.3 Å². The largest absolute Gasteiger partial charge is 0.480 e. The fourth-order valence-corrected chi connectivity index (χ4v) is 5.65. The summed E-state index contributed by atoms with van der Waals surface area (Å²) in [7, 11) is 0. The second-order valence-corrected chi connectivity index (χ2v) is 10.3. The Hall–Kier alpha value is -2.40. The van der Waals surface area contributed by atoms with Crippen LogP contribution in [0, 0.1) is 17.3 Å². The first-order valence-electron chi connectivity index (χ1n) is 12.7. The number of fused-ring (bicyclic) bond motifs is 1. The number of alkyl halides is 3. The molecule has 3 heterocycles. The van der Waals surface area contributed by atoms with E-state index in [0.717, 1.165) is 56.6 Å². The fraction of sp³-hybridized carbons (Fsp3) is 0.720. The maximum Gasteiger partial charge on any atom is 0.403 e. The summed E-state index contributed by atoms with van der Waals surface area (Å²) in [5.41, 5.74) is -0.472. The Bertz CT molecular complexity index is 953. The Morgan fingerprint density at radius 1 is 1.31 bits per heavy atom. The molecule has 1 saturated carbocycles. The molecule has 4 rings (SSSR count). The first-order chi connectivity index (χ1) is 17.1. The molecule has 1 aliphatic carbocycles. The SMILES string of the molecule is O=C(O)[C@H](CCO)NC(=O)C1(C(F)(F)F)CCOC(C2CC(CCc3ccc4c(n3)NCCC4)C2)C1. The predicted octanol–water partition coefficient (Wildman–Crippen LogP) is 3.08. The molecule has 0 radical (unpaired) electrons. The van der Waals surface area contributed by atoms with Crippen molar-refractivity contribution in [3.8, 4) is 0 Å². The highest BCUT2D eigenvalue weighted by Crippen LogP contribution is 2.52. The van der Waals surface area contributed by atoms with Crippen LogP contribution in [0.5, 0.6) is 0 Å². The van der Waals surface area contributed by atoms with Crippen LogP contribution >= 0.6 is 0 Å². The normalized spacial score (nSPS) is 28.8. The fourth-order valence-electron chi connectivity index (χ4n) is 5.65. The minimum Gasteiger partial charge on any atom is -0.480 e. The Morgan fingerprint density at radius 2 is 2.08 bits per heavy atom. The summed E-state index contributed by atoms with van der Waals surface area (Å²) in [5.74, 6) is -1.60. The smallest absolute Gasteiger partial charge is 0.403 e. The van der Waals surface area contributed by atoms with E-state index in [1.165, 1.54) is 5.56 Å². The highest BCUT2D eigenvalue weighted by molar-refractivity contribution is 5.88. The number of amides is 1. The second-order valence-electron chi connectivity index (χ2n) is 10.3. The average molecular weight is 514 g/mol. The number of aryl methyl sites for hydroxylation is 2. The molecule has 36 heavy (non-hydrogen) atoms. The van der Waals surface area contributed by atoms with Gasteiger partial charge >= 0.3 is 12.1 Å². The standard InChI is InChI=1S/C25H34F3N3O5/c26-25(27,28)24(23(35)31-19(7-10-32)22(33)34)8-11-36-20(14-24)17-12-15(13-17)3-5-18-6-4-16-2-1-9-29-21(16)30-18/h4,6,15,17,19-20,32H,1-3,5,7-14H2,(H,29,30)(H,31,35)(H,33,34)/t15?,17?,19-,20?,24?/m0/s1. The molecule has 11 heteroatoms. The molecule has 0 bridgehead atoms. The van der Waals surface area contributed by atoms with Crippen LogP contribution in [0.1, 0.15) is 56.2 Å². The average Bonchev–Trinajstić information content (AvgIpc) is 2.82. The van der Waals surface area contributed by atoms with Crippen molar-refractivity contribution < 1.29 is 37.7 Å². The first kappa shape index (κ1) is 26.7. The van der Waals surface area contributed by atoms with Gasteiger partial charge in [-0.25, -0.2) is 9.78 Å². The van der Waals surface area contributed by atoms with Crippen molar-refractivity contribution in [2.45, 2.75) is 76.1 Å². The number of carboxylic acid groups (broad SMARTS) is 1. The number of ether oxygens (including phenoxy) is 1. The lowest BCUT2D eigenvalue weighted by Crippen LogP contribution is -2.59. The third-order valence-corrected chi connectivity index (χ3v) is 7.97. The number of rotatable bonds is 9.